The Morgan fingerprint density at radius 1 is 1.05 bits per heavy atom. The van der Waals surface area contributed by atoms with E-state index in [1.165, 1.54) is 0 Å². The number of aliphatic hydroxyl groups excluding tert-OH is 1. The van der Waals surface area contributed by atoms with Crippen molar-refractivity contribution in [3.8, 4) is 0 Å². The fraction of sp³-hybridized carbons (Fsp3) is 0.353. The first kappa shape index (κ1) is 14.5. The van der Waals surface area contributed by atoms with Gasteiger partial charge < -0.3 is 10.0 Å². The average molecular weight is 270 g/mol. The monoisotopic (exact) mass is 270 g/mol. The number of pyridine rings is 1. The Morgan fingerprint density at radius 2 is 1.70 bits per heavy atom. The molecule has 3 heteroatoms. The molecule has 2 rings (SSSR count). The molecule has 0 spiro atoms. The van der Waals surface area contributed by atoms with E-state index in [4.69, 9.17) is 0 Å². The van der Waals surface area contributed by atoms with Crippen LogP contribution in [0.4, 0.5) is 5.82 Å². The molecule has 0 aliphatic heterocycles. The molecule has 0 saturated heterocycles. The number of hydrogen-bond donors (Lipinski definition) is 1. The van der Waals surface area contributed by atoms with Gasteiger partial charge in [-0.25, -0.2) is 4.98 Å². The normalized spacial score (nSPS) is 12.2. The first-order chi connectivity index (χ1) is 9.67. The fourth-order valence-electron chi connectivity index (χ4n) is 2.39. The summed E-state index contributed by atoms with van der Waals surface area (Å²) in [7, 11) is 0. The lowest BCUT2D eigenvalue weighted by atomic mass is 10.0. The second-order valence-electron chi connectivity index (χ2n) is 4.83. The molecule has 1 aromatic heterocycles. The predicted octanol–water partition coefficient (Wildman–Crippen LogP) is 3.32. The van der Waals surface area contributed by atoms with Crippen LogP contribution in [0.1, 0.15) is 36.8 Å². The molecule has 0 radical (unpaired) electrons. The highest BCUT2D eigenvalue weighted by Crippen LogP contribution is 2.25. The van der Waals surface area contributed by atoms with Crippen LogP contribution in [0.15, 0.2) is 42.5 Å². The standard InChI is InChI=1S/C17H22N2O/c1-4-19(5-2)16-12-11-15(13(3)18-16)17(20)14-9-7-6-8-10-14/h6-12,17,20H,4-5H2,1-3H3/t17-/m0/s1. The van der Waals surface area contributed by atoms with Crippen LogP contribution in [-0.2, 0) is 0 Å². The molecule has 20 heavy (non-hydrogen) atoms. The summed E-state index contributed by atoms with van der Waals surface area (Å²) in [5.41, 5.74) is 2.64. The van der Waals surface area contributed by atoms with Gasteiger partial charge in [-0.1, -0.05) is 36.4 Å². The van der Waals surface area contributed by atoms with Crippen molar-refractivity contribution >= 4 is 5.82 Å². The quantitative estimate of drug-likeness (QED) is 0.905. The van der Waals surface area contributed by atoms with Gasteiger partial charge in [-0.3, -0.25) is 0 Å². The van der Waals surface area contributed by atoms with E-state index in [1.54, 1.807) is 0 Å². The van der Waals surface area contributed by atoms with Gasteiger partial charge in [0, 0.05) is 24.3 Å². The fourth-order valence-corrected chi connectivity index (χ4v) is 2.39. The molecule has 1 N–H and O–H groups in total. The topological polar surface area (TPSA) is 36.4 Å². The van der Waals surface area contributed by atoms with Crippen LogP contribution in [0, 0.1) is 6.92 Å². The minimum atomic E-state index is -0.616. The first-order valence-electron chi connectivity index (χ1n) is 7.12. The van der Waals surface area contributed by atoms with Gasteiger partial charge >= 0.3 is 0 Å². The Hall–Kier alpha value is -1.87. The number of aliphatic hydroxyl groups is 1. The maximum Gasteiger partial charge on any atom is 0.128 e. The highest BCUT2D eigenvalue weighted by molar-refractivity contribution is 5.43. The van der Waals surface area contributed by atoms with Gasteiger partial charge in [0.15, 0.2) is 0 Å². The van der Waals surface area contributed by atoms with Crippen LogP contribution >= 0.6 is 0 Å². The molecule has 0 aliphatic carbocycles. The zero-order chi connectivity index (χ0) is 14.5. The smallest absolute Gasteiger partial charge is 0.128 e. The Morgan fingerprint density at radius 3 is 2.25 bits per heavy atom. The third-order valence-electron chi connectivity index (χ3n) is 3.61. The minimum absolute atomic E-state index is 0.616. The predicted molar refractivity (Wildman–Crippen MR) is 83.0 cm³/mol. The maximum absolute atomic E-state index is 10.5. The van der Waals surface area contributed by atoms with Crippen LogP contribution < -0.4 is 4.90 Å². The van der Waals surface area contributed by atoms with E-state index in [2.05, 4.69) is 23.7 Å². The van der Waals surface area contributed by atoms with E-state index in [9.17, 15) is 5.11 Å². The molecule has 3 nitrogen and oxygen atoms in total. The summed E-state index contributed by atoms with van der Waals surface area (Å²) in [6, 6.07) is 13.7. The lowest BCUT2D eigenvalue weighted by Crippen LogP contribution is -2.23. The highest BCUT2D eigenvalue weighted by atomic mass is 16.3. The van der Waals surface area contributed by atoms with Crippen LogP contribution in [0.3, 0.4) is 0 Å². The van der Waals surface area contributed by atoms with E-state index in [0.29, 0.717) is 0 Å². The SMILES string of the molecule is CCN(CC)c1ccc([C@@H](O)c2ccccc2)c(C)n1. The molecule has 1 aromatic carbocycles. The minimum Gasteiger partial charge on any atom is -0.384 e. The number of hydrogen-bond acceptors (Lipinski definition) is 3. The van der Waals surface area contributed by atoms with Gasteiger partial charge in [0.05, 0.1) is 0 Å². The van der Waals surface area contributed by atoms with Gasteiger partial charge in [0.1, 0.15) is 11.9 Å². The Balaban J connectivity index is 2.30. The van der Waals surface area contributed by atoms with E-state index in [-0.39, 0.29) is 0 Å². The number of benzene rings is 1. The third-order valence-corrected chi connectivity index (χ3v) is 3.61. The molecule has 0 saturated carbocycles. The van der Waals surface area contributed by atoms with E-state index < -0.39 is 6.10 Å². The van der Waals surface area contributed by atoms with Crippen molar-refractivity contribution in [2.75, 3.05) is 18.0 Å². The number of nitrogens with zero attached hydrogens (tertiary/aromatic N) is 2. The van der Waals surface area contributed by atoms with Crippen molar-refractivity contribution in [3.05, 3.63) is 59.3 Å². The van der Waals surface area contributed by atoms with Crippen molar-refractivity contribution in [1.82, 2.24) is 4.98 Å². The van der Waals surface area contributed by atoms with Crippen LogP contribution in [-0.4, -0.2) is 23.2 Å². The second-order valence-corrected chi connectivity index (χ2v) is 4.83. The summed E-state index contributed by atoms with van der Waals surface area (Å²) in [6.45, 7) is 8.06. The Labute approximate surface area is 120 Å². The van der Waals surface area contributed by atoms with E-state index in [1.807, 2.05) is 49.4 Å². The number of aryl methyl sites for hydroxylation is 1. The first-order valence-corrected chi connectivity index (χ1v) is 7.12. The molecule has 0 fully saturated rings. The largest absolute Gasteiger partial charge is 0.384 e. The summed E-state index contributed by atoms with van der Waals surface area (Å²) in [5, 5.41) is 10.5. The molecule has 1 heterocycles. The van der Waals surface area contributed by atoms with Crippen molar-refractivity contribution in [2.24, 2.45) is 0 Å². The van der Waals surface area contributed by atoms with Crippen LogP contribution in [0.2, 0.25) is 0 Å². The maximum atomic E-state index is 10.5. The van der Waals surface area contributed by atoms with E-state index in [0.717, 1.165) is 35.7 Å². The summed E-state index contributed by atoms with van der Waals surface area (Å²) in [5.74, 6) is 0.969. The Kier molecular flexibility index (Phi) is 4.74. The molecule has 0 unspecified atom stereocenters. The van der Waals surface area contributed by atoms with E-state index >= 15 is 0 Å². The van der Waals surface area contributed by atoms with Crippen molar-refractivity contribution in [1.29, 1.82) is 0 Å². The summed E-state index contributed by atoms with van der Waals surface area (Å²) in [6.07, 6.45) is -0.616. The van der Waals surface area contributed by atoms with Gasteiger partial charge in [-0.05, 0) is 32.4 Å². The molecular formula is C17H22N2O. The number of anilines is 1. The van der Waals surface area contributed by atoms with Gasteiger partial charge in [-0.2, -0.15) is 0 Å². The van der Waals surface area contributed by atoms with Crippen molar-refractivity contribution < 1.29 is 5.11 Å². The van der Waals surface area contributed by atoms with Crippen molar-refractivity contribution in [3.63, 3.8) is 0 Å². The van der Waals surface area contributed by atoms with Gasteiger partial charge in [0.25, 0.3) is 0 Å². The van der Waals surface area contributed by atoms with Crippen LogP contribution in [0.5, 0.6) is 0 Å². The molecular weight excluding hydrogens is 248 g/mol. The lowest BCUT2D eigenvalue weighted by Gasteiger charge is -2.22. The molecule has 0 bridgehead atoms. The number of rotatable bonds is 5. The zero-order valence-corrected chi connectivity index (χ0v) is 12.4. The summed E-state index contributed by atoms with van der Waals surface area (Å²) in [4.78, 5) is 6.83. The number of aromatic nitrogens is 1. The molecule has 1 atom stereocenters. The second kappa shape index (κ2) is 6.53. The molecule has 2 aromatic rings. The Bertz CT molecular complexity index is 550. The summed E-state index contributed by atoms with van der Waals surface area (Å²) >= 11 is 0. The molecule has 0 aliphatic rings. The van der Waals surface area contributed by atoms with Crippen molar-refractivity contribution in [2.45, 2.75) is 26.9 Å². The summed E-state index contributed by atoms with van der Waals surface area (Å²) < 4.78 is 0. The van der Waals surface area contributed by atoms with Gasteiger partial charge in [0.2, 0.25) is 0 Å². The van der Waals surface area contributed by atoms with Crippen LogP contribution in [0.25, 0.3) is 0 Å². The highest BCUT2D eigenvalue weighted by Gasteiger charge is 2.14. The lowest BCUT2D eigenvalue weighted by molar-refractivity contribution is 0.219. The van der Waals surface area contributed by atoms with Gasteiger partial charge in [-0.15, -0.1) is 0 Å². The molecule has 0 amide bonds. The molecule has 106 valence electrons. The zero-order valence-electron chi connectivity index (χ0n) is 12.4. The average Bonchev–Trinajstić information content (AvgIpc) is 2.49. The third kappa shape index (κ3) is 2.99.